The fourth-order valence-corrected chi connectivity index (χ4v) is 9.48. The molecule has 1 spiro atoms. The molecular formula is C49H44ClN5O8. The molecular weight excluding hydrogens is 822 g/mol. The number of hydrogen-bond donors (Lipinski definition) is 4. The Labute approximate surface area is 367 Å². The third-order valence-electron chi connectivity index (χ3n) is 12.4. The lowest BCUT2D eigenvalue weighted by atomic mass is 9.77. The topological polar surface area (TPSA) is 156 Å². The predicted octanol–water partition coefficient (Wildman–Crippen LogP) is 8.75. The van der Waals surface area contributed by atoms with Crippen molar-refractivity contribution in [1.82, 2.24) is 19.2 Å². The van der Waals surface area contributed by atoms with Gasteiger partial charge in [-0.05, 0) is 130 Å². The molecule has 0 bridgehead atoms. The Balaban J connectivity index is 0.746. The van der Waals surface area contributed by atoms with Gasteiger partial charge in [-0.3, -0.25) is 4.79 Å². The summed E-state index contributed by atoms with van der Waals surface area (Å²) in [6, 6.07) is 31.4. The van der Waals surface area contributed by atoms with E-state index in [2.05, 4.69) is 27.7 Å². The molecule has 14 heteroatoms. The molecule has 0 saturated carbocycles. The number of nitrogens with one attached hydrogen (secondary N) is 2. The molecule has 5 heterocycles. The van der Waals surface area contributed by atoms with Gasteiger partial charge in [-0.15, -0.1) is 0 Å². The Kier molecular flexibility index (Phi) is 10.4. The lowest BCUT2D eigenvalue weighted by Gasteiger charge is -2.36. The molecule has 10 rings (SSSR count). The Morgan fingerprint density at radius 3 is 2.27 bits per heavy atom. The zero-order valence-electron chi connectivity index (χ0n) is 34.2. The highest BCUT2D eigenvalue weighted by molar-refractivity contribution is 6.30. The third-order valence-corrected chi connectivity index (χ3v) is 12.7. The molecule has 0 unspecified atom stereocenters. The number of piperidine rings is 1. The normalized spacial score (nSPS) is 15.4. The average Bonchev–Trinajstić information content (AvgIpc) is 3.89. The Bertz CT molecular complexity index is 2920. The van der Waals surface area contributed by atoms with Crippen molar-refractivity contribution < 1.29 is 34.0 Å². The van der Waals surface area contributed by atoms with E-state index in [1.165, 1.54) is 29.8 Å². The maximum atomic E-state index is 13.6. The molecule has 7 aromatic rings. The second-order valence-electron chi connectivity index (χ2n) is 16.3. The molecule has 0 atom stereocenters. The average molecular weight is 866 g/mol. The van der Waals surface area contributed by atoms with E-state index in [1.54, 1.807) is 30.3 Å². The molecule has 1 saturated heterocycles. The summed E-state index contributed by atoms with van der Waals surface area (Å²) >= 11 is 6.10. The van der Waals surface area contributed by atoms with Gasteiger partial charge < -0.3 is 48.9 Å². The van der Waals surface area contributed by atoms with Gasteiger partial charge in [0.2, 0.25) is 0 Å². The third kappa shape index (κ3) is 7.46. The number of halogens is 1. The van der Waals surface area contributed by atoms with Crippen molar-refractivity contribution in [1.29, 1.82) is 0 Å². The molecule has 63 heavy (non-hydrogen) atoms. The van der Waals surface area contributed by atoms with E-state index in [0.29, 0.717) is 65.7 Å². The van der Waals surface area contributed by atoms with Gasteiger partial charge in [-0.25, -0.2) is 9.59 Å². The van der Waals surface area contributed by atoms with Gasteiger partial charge in [0, 0.05) is 64.9 Å². The van der Waals surface area contributed by atoms with Crippen molar-refractivity contribution in [3.05, 3.63) is 159 Å². The summed E-state index contributed by atoms with van der Waals surface area (Å²) in [5, 5.41) is 26.8. The zero-order valence-corrected chi connectivity index (χ0v) is 34.9. The number of carbonyl (C=O) groups is 2. The monoisotopic (exact) mass is 865 g/mol. The molecule has 3 aliphatic rings. The number of fused-ring (bicyclic) bond motifs is 9. The van der Waals surface area contributed by atoms with Gasteiger partial charge in [-0.2, -0.15) is 0 Å². The highest BCUT2D eigenvalue weighted by atomic mass is 35.5. The van der Waals surface area contributed by atoms with Gasteiger partial charge in [0.1, 0.15) is 34.3 Å². The number of ether oxygens (including phenoxy) is 3. The number of hydrogen-bond acceptors (Lipinski definition) is 9. The number of urea groups is 1. The van der Waals surface area contributed by atoms with Crippen LogP contribution in [-0.4, -0.2) is 68.9 Å². The fraction of sp³-hybridized carbons (Fsp3) is 0.245. The van der Waals surface area contributed by atoms with Gasteiger partial charge in [0.05, 0.1) is 23.2 Å². The number of rotatable bonds is 11. The summed E-state index contributed by atoms with van der Waals surface area (Å²) in [4.78, 5) is 42.6. The molecule has 4 N–H and O–H groups in total. The Morgan fingerprint density at radius 2 is 1.52 bits per heavy atom. The SMILES string of the molecule is O=C(NCCCOc1ccc2c(c1)n1cccc1c(=O)n2CCCN1CCC(c2ccc(Cl)cc2)CC1)Nc1ccc2c(c1)C(=O)OC21c2ccc(O)cc2Oc2cc(O)ccc21. The summed E-state index contributed by atoms with van der Waals surface area (Å²) in [7, 11) is 0. The minimum absolute atomic E-state index is 0.0182. The van der Waals surface area contributed by atoms with Crippen molar-refractivity contribution in [2.45, 2.75) is 43.7 Å². The highest BCUT2D eigenvalue weighted by Gasteiger charge is 2.53. The molecule has 320 valence electrons. The van der Waals surface area contributed by atoms with E-state index in [9.17, 15) is 24.6 Å². The number of benzene rings is 5. The van der Waals surface area contributed by atoms with Crippen LogP contribution in [0.1, 0.15) is 64.2 Å². The number of esters is 1. The molecule has 0 aliphatic carbocycles. The van der Waals surface area contributed by atoms with Crippen molar-refractivity contribution in [3.63, 3.8) is 0 Å². The van der Waals surface area contributed by atoms with Crippen LogP contribution in [0.3, 0.4) is 0 Å². The minimum atomic E-state index is -1.39. The Hall–Kier alpha value is -6.96. The lowest BCUT2D eigenvalue weighted by Crippen LogP contribution is -2.34. The molecule has 13 nitrogen and oxygen atoms in total. The second-order valence-corrected chi connectivity index (χ2v) is 16.7. The number of phenolic OH excluding ortho intramolecular Hbond substituents is 2. The zero-order chi connectivity index (χ0) is 43.2. The van der Waals surface area contributed by atoms with E-state index >= 15 is 0 Å². The van der Waals surface area contributed by atoms with Gasteiger partial charge >= 0.3 is 12.0 Å². The summed E-state index contributed by atoms with van der Waals surface area (Å²) in [5.41, 5.74) is 4.47. The fourth-order valence-electron chi connectivity index (χ4n) is 9.35. The summed E-state index contributed by atoms with van der Waals surface area (Å²) < 4.78 is 22.1. The van der Waals surface area contributed by atoms with Crippen molar-refractivity contribution in [2.24, 2.45) is 0 Å². The first-order valence-corrected chi connectivity index (χ1v) is 21.5. The van der Waals surface area contributed by atoms with E-state index in [0.717, 1.165) is 55.0 Å². The summed E-state index contributed by atoms with van der Waals surface area (Å²) in [6.45, 7) is 4.24. The minimum Gasteiger partial charge on any atom is -0.508 e. The molecule has 2 amide bonds. The number of carbonyl (C=O) groups excluding carboxylic acids is 2. The van der Waals surface area contributed by atoms with E-state index in [1.807, 2.05) is 57.6 Å². The predicted molar refractivity (Wildman–Crippen MR) is 239 cm³/mol. The molecule has 0 radical (unpaired) electrons. The van der Waals surface area contributed by atoms with Crippen molar-refractivity contribution in [2.75, 3.05) is 38.1 Å². The van der Waals surface area contributed by atoms with Crippen LogP contribution in [0.15, 0.2) is 120 Å². The van der Waals surface area contributed by atoms with Crippen LogP contribution in [0.2, 0.25) is 5.02 Å². The van der Waals surface area contributed by atoms with Crippen LogP contribution < -0.4 is 25.7 Å². The van der Waals surface area contributed by atoms with Crippen LogP contribution in [0.25, 0.3) is 16.6 Å². The maximum absolute atomic E-state index is 13.6. The van der Waals surface area contributed by atoms with Crippen LogP contribution >= 0.6 is 11.6 Å². The standard InChI is InChI=1S/C49H44ClN5O8/c50-32-7-5-30(6-8-32)31-17-23-53(24-18-31)20-3-22-55-41-16-12-36(29-43(41)54-21-1-4-42(54)46(55)58)61-25-2-19-51-48(60)52-33-9-13-38-37(26-33)47(59)63-49(38)39-14-10-34(56)27-44(39)62-45-28-35(57)11-15-40(45)49/h1,4-16,21,26-29,31,56-57H,2-3,17-20,22-25H2,(H2,51,52,60). The first kappa shape index (κ1) is 40.1. The Morgan fingerprint density at radius 1 is 0.794 bits per heavy atom. The number of aryl methyl sites for hydroxylation is 1. The van der Waals surface area contributed by atoms with Gasteiger partial charge in [0.15, 0.2) is 5.60 Å². The number of amides is 2. The number of aromatic nitrogens is 2. The largest absolute Gasteiger partial charge is 0.508 e. The number of nitrogens with zero attached hydrogens (tertiary/aromatic N) is 3. The van der Waals surface area contributed by atoms with Crippen LogP contribution in [0.4, 0.5) is 10.5 Å². The van der Waals surface area contributed by atoms with Crippen LogP contribution in [-0.2, 0) is 16.9 Å². The van der Waals surface area contributed by atoms with Crippen LogP contribution in [0, 0.1) is 0 Å². The quantitative estimate of drug-likeness (QED) is 0.0738. The first-order chi connectivity index (χ1) is 30.6. The lowest BCUT2D eigenvalue weighted by molar-refractivity contribution is 0.0224. The van der Waals surface area contributed by atoms with E-state index in [-0.39, 0.29) is 34.1 Å². The van der Waals surface area contributed by atoms with E-state index < -0.39 is 17.6 Å². The molecule has 5 aromatic carbocycles. The van der Waals surface area contributed by atoms with Gasteiger partial charge in [-0.1, -0.05) is 29.8 Å². The number of anilines is 1. The summed E-state index contributed by atoms with van der Waals surface area (Å²) in [5.74, 6) is 1.10. The first-order valence-electron chi connectivity index (χ1n) is 21.2. The second kappa shape index (κ2) is 16.4. The maximum Gasteiger partial charge on any atom is 0.340 e. The number of likely N-dealkylation sites (tertiary alicyclic amines) is 1. The number of phenols is 2. The highest BCUT2D eigenvalue weighted by Crippen LogP contribution is 2.57. The molecule has 3 aliphatic heterocycles. The molecule has 2 aromatic heterocycles. The van der Waals surface area contributed by atoms with Crippen molar-refractivity contribution in [3.8, 4) is 28.7 Å². The number of aromatic hydroxyl groups is 2. The van der Waals surface area contributed by atoms with E-state index in [4.69, 9.17) is 25.8 Å². The van der Waals surface area contributed by atoms with Gasteiger partial charge in [0.25, 0.3) is 5.56 Å². The van der Waals surface area contributed by atoms with Crippen molar-refractivity contribution >= 4 is 45.8 Å². The molecule has 1 fully saturated rings. The smallest absolute Gasteiger partial charge is 0.340 e. The van der Waals surface area contributed by atoms with Crippen LogP contribution in [0.5, 0.6) is 28.7 Å². The summed E-state index contributed by atoms with van der Waals surface area (Å²) in [6.07, 6.45) is 5.48.